The number of ether oxygens (including phenoxy) is 1. The largest absolute Gasteiger partial charge is 0.477 e. The summed E-state index contributed by atoms with van der Waals surface area (Å²) in [7, 11) is 0. The van der Waals surface area contributed by atoms with Crippen molar-refractivity contribution >= 4 is 5.91 Å². The topological polar surface area (TPSA) is 75.1 Å². The van der Waals surface area contributed by atoms with E-state index in [9.17, 15) is 9.70 Å². The number of aromatic nitrogens is 1. The van der Waals surface area contributed by atoms with Crippen molar-refractivity contribution in [2.24, 2.45) is 16.5 Å². The molecule has 1 atom stereocenters. The van der Waals surface area contributed by atoms with Crippen LogP contribution in [0, 0.1) is 16.2 Å². The summed E-state index contributed by atoms with van der Waals surface area (Å²) in [6, 6.07) is 11.5. The predicted molar refractivity (Wildman–Crippen MR) is 146 cm³/mol. The number of hydrogen-bond donors (Lipinski definition) is 0. The van der Waals surface area contributed by atoms with Gasteiger partial charge in [0.1, 0.15) is 6.54 Å². The Morgan fingerprint density at radius 3 is 2.41 bits per heavy atom. The molecule has 0 spiro atoms. The number of likely N-dealkylation sites (tertiary alicyclic amines) is 2. The SMILES string of the molecule is CC1(CN2CCC(COc3ccc(-c4ccc(C(=O)N5CCCC5CN=O)cc4)cn3)CC2)CCCC1. The van der Waals surface area contributed by atoms with Crippen LogP contribution in [0.3, 0.4) is 0 Å². The first-order valence-electron chi connectivity index (χ1n) is 14.0. The summed E-state index contributed by atoms with van der Waals surface area (Å²) in [5.41, 5.74) is 3.17. The van der Waals surface area contributed by atoms with Crippen LogP contribution in [0.4, 0.5) is 0 Å². The Morgan fingerprint density at radius 2 is 1.73 bits per heavy atom. The molecule has 7 nitrogen and oxygen atoms in total. The van der Waals surface area contributed by atoms with Crippen LogP contribution < -0.4 is 4.74 Å². The van der Waals surface area contributed by atoms with Gasteiger partial charge in [-0.3, -0.25) is 4.79 Å². The highest BCUT2D eigenvalue weighted by atomic mass is 16.5. The molecule has 2 aromatic rings. The highest BCUT2D eigenvalue weighted by Crippen LogP contribution is 2.38. The molecule has 1 amide bonds. The van der Waals surface area contributed by atoms with Crippen LogP contribution in [0.25, 0.3) is 11.1 Å². The fourth-order valence-electron chi connectivity index (χ4n) is 6.43. The Hall–Kier alpha value is -2.80. The van der Waals surface area contributed by atoms with Crippen molar-refractivity contribution in [2.45, 2.75) is 64.3 Å². The molecule has 3 heterocycles. The first-order chi connectivity index (χ1) is 18.0. The third-order valence-corrected chi connectivity index (χ3v) is 8.71. The molecule has 0 N–H and O–H groups in total. The normalized spacial score (nSPS) is 22.3. The minimum atomic E-state index is -0.0747. The number of carbonyl (C=O) groups is 1. The van der Waals surface area contributed by atoms with Crippen molar-refractivity contribution in [1.82, 2.24) is 14.8 Å². The van der Waals surface area contributed by atoms with E-state index in [1.807, 2.05) is 42.6 Å². The molecule has 1 saturated carbocycles. The molecule has 5 rings (SSSR count). The summed E-state index contributed by atoms with van der Waals surface area (Å²) in [5, 5.41) is 3.00. The van der Waals surface area contributed by atoms with Crippen LogP contribution in [0.15, 0.2) is 47.8 Å². The van der Waals surface area contributed by atoms with E-state index in [-0.39, 0.29) is 18.5 Å². The van der Waals surface area contributed by atoms with Gasteiger partial charge in [0, 0.05) is 36.5 Å². The van der Waals surface area contributed by atoms with Crippen molar-refractivity contribution < 1.29 is 9.53 Å². The van der Waals surface area contributed by atoms with Crippen LogP contribution in [-0.4, -0.2) is 66.1 Å². The lowest BCUT2D eigenvalue weighted by Crippen LogP contribution is -2.41. The van der Waals surface area contributed by atoms with Crippen molar-refractivity contribution in [3.05, 3.63) is 53.1 Å². The molecule has 0 radical (unpaired) electrons. The molecule has 37 heavy (non-hydrogen) atoms. The predicted octanol–water partition coefficient (Wildman–Crippen LogP) is 5.79. The molecule has 2 aliphatic heterocycles. The van der Waals surface area contributed by atoms with E-state index in [0.717, 1.165) is 30.6 Å². The van der Waals surface area contributed by atoms with Crippen molar-refractivity contribution in [2.75, 3.05) is 39.3 Å². The molecule has 1 aromatic heterocycles. The Balaban J connectivity index is 1.09. The number of piperidine rings is 1. The third-order valence-electron chi connectivity index (χ3n) is 8.71. The Bertz CT molecular complexity index is 1040. The van der Waals surface area contributed by atoms with Gasteiger partial charge in [0.2, 0.25) is 5.88 Å². The zero-order valence-corrected chi connectivity index (χ0v) is 22.1. The van der Waals surface area contributed by atoms with Gasteiger partial charge < -0.3 is 14.5 Å². The zero-order chi connectivity index (χ0) is 25.7. The summed E-state index contributed by atoms with van der Waals surface area (Å²) in [5.74, 6) is 1.23. The standard InChI is InChI=1S/C30H40N4O3/c1-30(14-2-3-15-30)22-33-17-12-23(13-18-33)21-37-28-11-10-26(19-31-28)24-6-8-25(9-7-24)29(35)34-16-4-5-27(34)20-32-36/h6-11,19,23,27H,2-5,12-18,20-22H2,1H3. The lowest BCUT2D eigenvalue weighted by Gasteiger charge is -2.37. The number of pyridine rings is 1. The van der Waals surface area contributed by atoms with Gasteiger partial charge >= 0.3 is 0 Å². The lowest BCUT2D eigenvalue weighted by molar-refractivity contribution is 0.0741. The summed E-state index contributed by atoms with van der Waals surface area (Å²) in [6.07, 6.45) is 11.6. The number of amides is 1. The highest BCUT2D eigenvalue weighted by molar-refractivity contribution is 5.95. The summed E-state index contributed by atoms with van der Waals surface area (Å²) in [4.78, 5) is 32.6. The summed E-state index contributed by atoms with van der Waals surface area (Å²) in [6.45, 7) is 7.67. The molecule has 1 aliphatic carbocycles. The fraction of sp³-hybridized carbons (Fsp3) is 0.600. The van der Waals surface area contributed by atoms with Gasteiger partial charge in [0.15, 0.2) is 0 Å². The fourth-order valence-corrected chi connectivity index (χ4v) is 6.43. The number of carbonyl (C=O) groups excluding carboxylic acids is 1. The molecule has 1 aromatic carbocycles. The van der Waals surface area contributed by atoms with Crippen LogP contribution in [-0.2, 0) is 0 Å². The molecule has 1 unspecified atom stereocenters. The van der Waals surface area contributed by atoms with Crippen LogP contribution >= 0.6 is 0 Å². The Morgan fingerprint density at radius 1 is 1.00 bits per heavy atom. The van der Waals surface area contributed by atoms with Crippen LogP contribution in [0.5, 0.6) is 5.88 Å². The van der Waals surface area contributed by atoms with Gasteiger partial charge in [0.25, 0.3) is 5.91 Å². The Labute approximate surface area is 220 Å². The first-order valence-corrected chi connectivity index (χ1v) is 14.0. The van der Waals surface area contributed by atoms with Gasteiger partial charge in [-0.05, 0) is 86.7 Å². The molecule has 3 fully saturated rings. The maximum Gasteiger partial charge on any atom is 0.254 e. The lowest BCUT2D eigenvalue weighted by atomic mass is 9.87. The third kappa shape index (κ3) is 6.38. The molecule has 0 bridgehead atoms. The maximum atomic E-state index is 12.9. The van der Waals surface area contributed by atoms with Crippen molar-refractivity contribution in [3.63, 3.8) is 0 Å². The zero-order valence-electron chi connectivity index (χ0n) is 22.1. The second kappa shape index (κ2) is 11.7. The van der Waals surface area contributed by atoms with E-state index >= 15 is 0 Å². The van der Waals surface area contributed by atoms with Gasteiger partial charge in [0.05, 0.1) is 12.6 Å². The van der Waals surface area contributed by atoms with Crippen molar-refractivity contribution in [3.8, 4) is 17.0 Å². The number of nitroso groups, excluding NO2 is 1. The number of hydrogen-bond acceptors (Lipinski definition) is 6. The highest BCUT2D eigenvalue weighted by Gasteiger charge is 2.32. The number of rotatable bonds is 9. The van der Waals surface area contributed by atoms with Crippen LogP contribution in [0.2, 0.25) is 0 Å². The van der Waals surface area contributed by atoms with E-state index in [0.29, 0.717) is 29.3 Å². The molecule has 198 valence electrons. The van der Waals surface area contributed by atoms with E-state index in [1.165, 1.54) is 58.2 Å². The average Bonchev–Trinajstić information content (AvgIpc) is 3.57. The number of benzene rings is 1. The molecule has 3 aliphatic rings. The molecular formula is C30H40N4O3. The van der Waals surface area contributed by atoms with Gasteiger partial charge in [-0.15, -0.1) is 0 Å². The first kappa shape index (κ1) is 25.8. The Kier molecular flexibility index (Phi) is 8.18. The van der Waals surface area contributed by atoms with Crippen molar-refractivity contribution in [1.29, 1.82) is 0 Å². The minimum Gasteiger partial charge on any atom is -0.477 e. The second-order valence-corrected chi connectivity index (χ2v) is 11.6. The van der Waals surface area contributed by atoms with E-state index in [1.54, 1.807) is 4.90 Å². The second-order valence-electron chi connectivity index (χ2n) is 11.6. The van der Waals surface area contributed by atoms with E-state index in [2.05, 4.69) is 22.0 Å². The summed E-state index contributed by atoms with van der Waals surface area (Å²) >= 11 is 0. The monoisotopic (exact) mass is 504 g/mol. The number of nitrogens with zero attached hydrogens (tertiary/aromatic N) is 4. The maximum absolute atomic E-state index is 12.9. The van der Waals surface area contributed by atoms with Gasteiger partial charge in [-0.2, -0.15) is 4.91 Å². The van der Waals surface area contributed by atoms with Gasteiger partial charge in [-0.25, -0.2) is 4.98 Å². The quantitative estimate of drug-likeness (QED) is 0.404. The molecule has 2 saturated heterocycles. The molecule has 7 heteroatoms. The van der Waals surface area contributed by atoms with E-state index in [4.69, 9.17) is 4.74 Å². The smallest absolute Gasteiger partial charge is 0.254 e. The average molecular weight is 505 g/mol. The minimum absolute atomic E-state index is 0.0295. The molecular weight excluding hydrogens is 464 g/mol. The summed E-state index contributed by atoms with van der Waals surface area (Å²) < 4.78 is 6.05. The van der Waals surface area contributed by atoms with Crippen LogP contribution in [0.1, 0.15) is 68.6 Å². The van der Waals surface area contributed by atoms with E-state index < -0.39 is 0 Å². The van der Waals surface area contributed by atoms with Gasteiger partial charge in [-0.1, -0.05) is 37.1 Å².